The Morgan fingerprint density at radius 1 is 0.276 bits per heavy atom. The van der Waals surface area contributed by atoms with Crippen LogP contribution in [0.5, 0.6) is 0 Å². The van der Waals surface area contributed by atoms with E-state index in [9.17, 15) is 14.4 Å². The molecule has 0 radical (unpaired) electrons. The van der Waals surface area contributed by atoms with E-state index < -0.39 is 12.1 Å². The summed E-state index contributed by atoms with van der Waals surface area (Å²) in [5, 5.41) is 0. The van der Waals surface area contributed by atoms with E-state index >= 15 is 0 Å². The molecule has 0 rings (SSSR count). The predicted molar refractivity (Wildman–Crippen MR) is 330 cm³/mol. The molecule has 0 aromatic carbocycles. The van der Waals surface area contributed by atoms with Crippen molar-refractivity contribution in [3.05, 3.63) is 122 Å². The molecular weight excluding hydrogens is 937 g/mol. The minimum Gasteiger partial charge on any atom is -0.462 e. The summed E-state index contributed by atoms with van der Waals surface area (Å²) in [6.07, 6.45) is 88.2. The van der Waals surface area contributed by atoms with Gasteiger partial charge in [0.15, 0.2) is 6.10 Å². The average Bonchev–Trinajstić information content (AvgIpc) is 3.42. The first-order valence-corrected chi connectivity index (χ1v) is 31.5. The van der Waals surface area contributed by atoms with E-state index in [0.717, 1.165) is 103 Å². The molecule has 0 aliphatic rings. The van der Waals surface area contributed by atoms with E-state index in [1.807, 2.05) is 6.08 Å². The van der Waals surface area contributed by atoms with Gasteiger partial charge in [-0.05, 0) is 96.3 Å². The molecule has 1 unspecified atom stereocenters. The Kier molecular flexibility index (Phi) is 59.9. The highest BCUT2D eigenvalue weighted by Crippen LogP contribution is 2.16. The molecule has 76 heavy (non-hydrogen) atoms. The van der Waals surface area contributed by atoms with Crippen molar-refractivity contribution in [3.63, 3.8) is 0 Å². The number of allylic oxidation sites excluding steroid dienone is 20. The van der Waals surface area contributed by atoms with Crippen LogP contribution in [0.25, 0.3) is 0 Å². The first-order chi connectivity index (χ1) is 37.5. The summed E-state index contributed by atoms with van der Waals surface area (Å²) in [4.78, 5) is 38.0. The molecule has 1 atom stereocenters. The van der Waals surface area contributed by atoms with Crippen LogP contribution < -0.4 is 0 Å². The molecule has 0 spiro atoms. The van der Waals surface area contributed by atoms with Gasteiger partial charge in [-0.3, -0.25) is 14.4 Å². The van der Waals surface area contributed by atoms with Crippen LogP contribution in [0.3, 0.4) is 0 Å². The van der Waals surface area contributed by atoms with Crippen LogP contribution in [0, 0.1) is 0 Å². The third-order valence-corrected chi connectivity index (χ3v) is 13.2. The summed E-state index contributed by atoms with van der Waals surface area (Å²) in [6, 6.07) is 0. The van der Waals surface area contributed by atoms with Crippen molar-refractivity contribution in [2.45, 2.75) is 290 Å². The van der Waals surface area contributed by atoms with Crippen LogP contribution >= 0.6 is 0 Å². The van der Waals surface area contributed by atoms with E-state index in [2.05, 4.69) is 136 Å². The van der Waals surface area contributed by atoms with Gasteiger partial charge in [0.25, 0.3) is 0 Å². The largest absolute Gasteiger partial charge is 0.462 e. The quantitative estimate of drug-likeness (QED) is 0.0261. The summed E-state index contributed by atoms with van der Waals surface area (Å²) in [6.45, 7) is 6.33. The molecule has 0 aliphatic heterocycles. The monoisotopic (exact) mass is 1050 g/mol. The molecule has 6 heteroatoms. The van der Waals surface area contributed by atoms with E-state index in [4.69, 9.17) is 14.2 Å². The highest BCUT2D eigenvalue weighted by molar-refractivity contribution is 5.71. The standard InChI is InChI=1S/C70H116O6/c1-4-7-10-13-16-19-21-23-25-27-29-30-31-32-33-34-35-36-37-38-39-40-42-43-45-47-49-51-54-57-60-63-69(72)75-66-67(65-74-68(71)62-59-56-53-18-15-12-9-6-3)76-70(73)64-61-58-55-52-50-48-46-44-41-28-26-24-22-20-17-14-11-8-5-2/h7-8,10-11,16-17,19-20,23-26,29-30,41,44,48,50,55,58,67H,4-6,9,12-15,18,21-22,27-28,31-40,42-43,45-47,49,51-54,56-57,59-66H2,1-3H3/b10-7-,11-8-,19-16-,20-17-,25-23-,26-24-,30-29-,44-41-,50-48-,58-55-. The van der Waals surface area contributed by atoms with Gasteiger partial charge < -0.3 is 14.2 Å². The van der Waals surface area contributed by atoms with Crippen LogP contribution in [-0.4, -0.2) is 37.2 Å². The lowest BCUT2D eigenvalue weighted by Gasteiger charge is -2.18. The summed E-state index contributed by atoms with van der Waals surface area (Å²) < 4.78 is 16.8. The minimum absolute atomic E-state index is 0.107. The van der Waals surface area contributed by atoms with Gasteiger partial charge in [0.05, 0.1) is 0 Å². The van der Waals surface area contributed by atoms with E-state index in [1.165, 1.54) is 135 Å². The molecular formula is C70H116O6. The number of unbranched alkanes of at least 4 members (excludes halogenated alkanes) is 25. The molecule has 0 fully saturated rings. The molecule has 0 bridgehead atoms. The number of ether oxygens (including phenoxy) is 3. The van der Waals surface area contributed by atoms with Gasteiger partial charge >= 0.3 is 17.9 Å². The van der Waals surface area contributed by atoms with Crippen LogP contribution in [0.15, 0.2) is 122 Å². The molecule has 0 aliphatic carbocycles. The Hall–Kier alpha value is -4.19. The zero-order valence-corrected chi connectivity index (χ0v) is 49.5. The van der Waals surface area contributed by atoms with Crippen LogP contribution in [-0.2, 0) is 28.6 Å². The fourth-order valence-corrected chi connectivity index (χ4v) is 8.58. The van der Waals surface area contributed by atoms with E-state index in [-0.39, 0.29) is 31.6 Å². The van der Waals surface area contributed by atoms with Gasteiger partial charge in [-0.25, -0.2) is 0 Å². The van der Waals surface area contributed by atoms with Crippen molar-refractivity contribution in [2.75, 3.05) is 13.2 Å². The minimum atomic E-state index is -0.817. The lowest BCUT2D eigenvalue weighted by atomic mass is 10.0. The van der Waals surface area contributed by atoms with Gasteiger partial charge in [0.1, 0.15) is 13.2 Å². The van der Waals surface area contributed by atoms with Crippen molar-refractivity contribution in [1.82, 2.24) is 0 Å². The highest BCUT2D eigenvalue weighted by Gasteiger charge is 2.19. The van der Waals surface area contributed by atoms with Gasteiger partial charge in [0.2, 0.25) is 0 Å². The number of carbonyl (C=O) groups excluding carboxylic acids is 3. The third-order valence-electron chi connectivity index (χ3n) is 13.2. The lowest BCUT2D eigenvalue weighted by Crippen LogP contribution is -2.30. The first kappa shape index (κ1) is 71.8. The van der Waals surface area contributed by atoms with Gasteiger partial charge in [-0.15, -0.1) is 0 Å². The highest BCUT2D eigenvalue weighted by atomic mass is 16.6. The maximum Gasteiger partial charge on any atom is 0.306 e. The van der Waals surface area contributed by atoms with E-state index in [1.54, 1.807) is 0 Å². The average molecular weight is 1050 g/mol. The molecule has 0 saturated carbocycles. The van der Waals surface area contributed by atoms with Crippen molar-refractivity contribution >= 4 is 17.9 Å². The van der Waals surface area contributed by atoms with E-state index in [0.29, 0.717) is 19.3 Å². The Morgan fingerprint density at radius 3 is 0.855 bits per heavy atom. The van der Waals surface area contributed by atoms with Crippen molar-refractivity contribution < 1.29 is 28.6 Å². The molecule has 0 saturated heterocycles. The second kappa shape index (κ2) is 63.3. The predicted octanol–water partition coefficient (Wildman–Crippen LogP) is 21.6. The number of rotatable bonds is 56. The maximum absolute atomic E-state index is 12.8. The zero-order chi connectivity index (χ0) is 55.0. The molecule has 0 amide bonds. The molecule has 0 N–H and O–H groups in total. The Morgan fingerprint density at radius 2 is 0.539 bits per heavy atom. The Labute approximate surface area is 469 Å². The van der Waals surface area contributed by atoms with Crippen molar-refractivity contribution in [2.24, 2.45) is 0 Å². The lowest BCUT2D eigenvalue weighted by molar-refractivity contribution is -0.166. The second-order valence-corrected chi connectivity index (χ2v) is 20.6. The molecule has 432 valence electrons. The molecule has 0 heterocycles. The summed E-state index contributed by atoms with van der Waals surface area (Å²) in [5.74, 6) is -0.992. The van der Waals surface area contributed by atoms with Crippen LogP contribution in [0.4, 0.5) is 0 Å². The second-order valence-electron chi connectivity index (χ2n) is 20.6. The Bertz CT molecular complexity index is 1590. The summed E-state index contributed by atoms with van der Waals surface area (Å²) in [5.41, 5.74) is 0. The SMILES string of the molecule is CC/C=C\C/C=C\C/C=C\C/C=C\C/C=C\C/C=C\CCC(=O)OC(COC(=O)CCCCCCCCCC)COC(=O)CCCCCCCCCCCCCCCCCCCC/C=C\C/C=C\C/C=C\C/C=C\CC. The maximum atomic E-state index is 12.8. The van der Waals surface area contributed by atoms with Crippen molar-refractivity contribution in [1.29, 1.82) is 0 Å². The normalized spacial score (nSPS) is 12.9. The van der Waals surface area contributed by atoms with Crippen LogP contribution in [0.2, 0.25) is 0 Å². The topological polar surface area (TPSA) is 78.9 Å². The summed E-state index contributed by atoms with van der Waals surface area (Å²) >= 11 is 0. The summed E-state index contributed by atoms with van der Waals surface area (Å²) in [7, 11) is 0. The molecule has 6 nitrogen and oxygen atoms in total. The van der Waals surface area contributed by atoms with Gasteiger partial charge in [-0.1, -0.05) is 290 Å². The fraction of sp³-hybridized carbons (Fsp3) is 0.671. The van der Waals surface area contributed by atoms with Gasteiger partial charge in [0, 0.05) is 19.3 Å². The number of hydrogen-bond acceptors (Lipinski definition) is 6. The van der Waals surface area contributed by atoms with Crippen LogP contribution in [0.1, 0.15) is 284 Å². The van der Waals surface area contributed by atoms with Crippen molar-refractivity contribution in [3.8, 4) is 0 Å². The fourth-order valence-electron chi connectivity index (χ4n) is 8.58. The molecule has 0 aromatic rings. The Balaban J connectivity index is 4.18. The molecule has 0 aromatic heterocycles. The number of hydrogen-bond donors (Lipinski definition) is 0. The van der Waals surface area contributed by atoms with Gasteiger partial charge in [-0.2, -0.15) is 0 Å². The number of carbonyl (C=O) groups is 3. The number of esters is 3. The first-order valence-electron chi connectivity index (χ1n) is 31.5. The smallest absolute Gasteiger partial charge is 0.306 e. The zero-order valence-electron chi connectivity index (χ0n) is 49.5. The third kappa shape index (κ3) is 60.7.